The fourth-order valence-corrected chi connectivity index (χ4v) is 4.05. The molecule has 2 N–H and O–H groups in total. The van der Waals surface area contributed by atoms with Crippen molar-refractivity contribution < 1.29 is 9.59 Å². The molecule has 2 aromatic rings. The van der Waals surface area contributed by atoms with E-state index in [0.717, 1.165) is 23.4 Å². The molecule has 3 rings (SSSR count). The van der Waals surface area contributed by atoms with Crippen molar-refractivity contribution in [2.75, 3.05) is 17.3 Å². The normalized spacial score (nSPS) is 21.0. The second kappa shape index (κ2) is 7.96. The number of amides is 2. The predicted molar refractivity (Wildman–Crippen MR) is 109 cm³/mol. The maximum Gasteiger partial charge on any atom is 0.251 e. The fourth-order valence-electron chi connectivity index (χ4n) is 4.05. The Morgan fingerprint density at radius 3 is 2.61 bits per heavy atom. The smallest absolute Gasteiger partial charge is 0.251 e. The number of nitrogens with zero attached hydrogens (tertiary/aromatic N) is 3. The topological polar surface area (TPSA) is 87.2 Å². The van der Waals surface area contributed by atoms with E-state index in [1.165, 1.54) is 0 Å². The predicted octanol–water partition coefficient (Wildman–Crippen LogP) is 3.08. The monoisotopic (exact) mass is 381 g/mol. The summed E-state index contributed by atoms with van der Waals surface area (Å²) in [7, 11) is 1.61. The number of carbonyl (C=O) groups is 2. The minimum absolute atomic E-state index is 0.00195. The number of carbonyl (C=O) groups excluding carboxylic acids is 2. The lowest BCUT2D eigenvalue weighted by atomic mass is 9.80. The minimum Gasteiger partial charge on any atom is -0.355 e. The zero-order valence-corrected chi connectivity index (χ0v) is 17.0. The highest BCUT2D eigenvalue weighted by molar-refractivity contribution is 5.97. The molecular formula is C21H27N5O2. The van der Waals surface area contributed by atoms with E-state index < -0.39 is 0 Å². The second-order valence-electron chi connectivity index (χ2n) is 7.22. The number of fused-ring (bicyclic) bond motifs is 1. The largest absolute Gasteiger partial charge is 0.355 e. The third kappa shape index (κ3) is 3.56. The molecule has 7 heteroatoms. The molecule has 7 nitrogen and oxygen atoms in total. The van der Waals surface area contributed by atoms with Crippen molar-refractivity contribution in [3.8, 4) is 0 Å². The van der Waals surface area contributed by atoms with Crippen molar-refractivity contribution in [3.63, 3.8) is 0 Å². The molecule has 3 atom stereocenters. The molecule has 0 aliphatic carbocycles. The first kappa shape index (κ1) is 19.8. The molecule has 0 saturated carbocycles. The molecule has 0 bridgehead atoms. The molecular weight excluding hydrogens is 354 g/mol. The Morgan fingerprint density at radius 1 is 1.25 bits per heavy atom. The molecule has 148 valence electrons. The molecule has 1 aliphatic heterocycles. The van der Waals surface area contributed by atoms with Gasteiger partial charge in [-0.3, -0.25) is 9.59 Å². The summed E-state index contributed by atoms with van der Waals surface area (Å²) < 4.78 is 0. The van der Waals surface area contributed by atoms with Crippen LogP contribution in [0.3, 0.4) is 0 Å². The second-order valence-corrected chi connectivity index (χ2v) is 7.22. The van der Waals surface area contributed by atoms with E-state index in [4.69, 9.17) is 0 Å². The van der Waals surface area contributed by atoms with Crippen molar-refractivity contribution in [1.82, 2.24) is 15.3 Å². The van der Waals surface area contributed by atoms with Crippen molar-refractivity contribution in [2.45, 2.75) is 46.2 Å². The standard InChI is InChI=1S/C21H27N5O2/c1-6-17-13(3)19(25-21-23-10-9-12(2)24-21)16-11-15(20(28)22-5)7-8-18(16)26(17)14(4)27/h7-11,13,17,19H,6H2,1-5H3,(H,22,28)(H,23,24,25)/t13-,17?,19?/m0/s1. The van der Waals surface area contributed by atoms with E-state index in [1.54, 1.807) is 26.2 Å². The number of hydrogen-bond acceptors (Lipinski definition) is 5. The highest BCUT2D eigenvalue weighted by Crippen LogP contribution is 2.43. The average molecular weight is 381 g/mol. The summed E-state index contributed by atoms with van der Waals surface area (Å²) in [4.78, 5) is 35.3. The first-order valence-corrected chi connectivity index (χ1v) is 9.59. The zero-order valence-electron chi connectivity index (χ0n) is 17.0. The zero-order chi connectivity index (χ0) is 20.4. The van der Waals surface area contributed by atoms with Crippen molar-refractivity contribution >= 4 is 23.5 Å². The molecule has 0 saturated heterocycles. The molecule has 2 unspecified atom stereocenters. The van der Waals surface area contributed by atoms with Crippen LogP contribution in [0, 0.1) is 12.8 Å². The lowest BCUT2D eigenvalue weighted by molar-refractivity contribution is -0.117. The van der Waals surface area contributed by atoms with Gasteiger partial charge in [-0.2, -0.15) is 0 Å². The summed E-state index contributed by atoms with van der Waals surface area (Å²) in [5, 5.41) is 6.10. The maximum atomic E-state index is 12.5. The van der Waals surface area contributed by atoms with Gasteiger partial charge in [0, 0.05) is 49.1 Å². The highest BCUT2D eigenvalue weighted by Gasteiger charge is 2.40. The van der Waals surface area contributed by atoms with Crippen LogP contribution in [0.5, 0.6) is 0 Å². The van der Waals surface area contributed by atoms with Gasteiger partial charge in [0.1, 0.15) is 0 Å². The molecule has 1 aromatic heterocycles. The van der Waals surface area contributed by atoms with Crippen LogP contribution in [0.1, 0.15) is 54.8 Å². The van der Waals surface area contributed by atoms with Gasteiger partial charge in [0.25, 0.3) is 5.91 Å². The highest BCUT2D eigenvalue weighted by atomic mass is 16.2. The molecule has 2 heterocycles. The quantitative estimate of drug-likeness (QED) is 0.850. The minimum atomic E-state index is -0.159. The van der Waals surface area contributed by atoms with Crippen LogP contribution in [0.25, 0.3) is 0 Å². The number of aromatic nitrogens is 2. The van der Waals surface area contributed by atoms with Crippen LogP contribution in [0.15, 0.2) is 30.5 Å². The van der Waals surface area contributed by atoms with Crippen LogP contribution < -0.4 is 15.5 Å². The van der Waals surface area contributed by atoms with Gasteiger partial charge in [-0.15, -0.1) is 0 Å². The van der Waals surface area contributed by atoms with Crippen LogP contribution in [0.2, 0.25) is 0 Å². The van der Waals surface area contributed by atoms with Gasteiger partial charge in [-0.25, -0.2) is 9.97 Å². The summed E-state index contributed by atoms with van der Waals surface area (Å²) in [6, 6.07) is 7.25. The summed E-state index contributed by atoms with van der Waals surface area (Å²) in [5.41, 5.74) is 3.16. The van der Waals surface area contributed by atoms with Gasteiger partial charge in [0.2, 0.25) is 11.9 Å². The van der Waals surface area contributed by atoms with Crippen molar-refractivity contribution in [1.29, 1.82) is 0 Å². The SMILES string of the molecule is CCC1[C@H](C)C(Nc2nccc(C)n2)c2cc(C(=O)NC)ccc2N1C(C)=O. The first-order chi connectivity index (χ1) is 13.4. The third-order valence-corrected chi connectivity index (χ3v) is 5.41. The van der Waals surface area contributed by atoms with E-state index >= 15 is 0 Å². The van der Waals surface area contributed by atoms with Crippen LogP contribution in [-0.2, 0) is 4.79 Å². The molecule has 0 spiro atoms. The molecule has 2 amide bonds. The van der Waals surface area contributed by atoms with Gasteiger partial charge in [-0.1, -0.05) is 13.8 Å². The van der Waals surface area contributed by atoms with Crippen LogP contribution in [-0.4, -0.2) is 34.9 Å². The Bertz CT molecular complexity index is 898. The number of nitrogens with one attached hydrogen (secondary N) is 2. The van der Waals surface area contributed by atoms with Crippen LogP contribution in [0.4, 0.5) is 11.6 Å². The summed E-state index contributed by atoms with van der Waals surface area (Å²) >= 11 is 0. The first-order valence-electron chi connectivity index (χ1n) is 9.59. The Labute approximate surface area is 165 Å². The number of rotatable bonds is 4. The van der Waals surface area contributed by atoms with E-state index in [-0.39, 0.29) is 29.8 Å². The van der Waals surface area contributed by atoms with Crippen LogP contribution >= 0.6 is 0 Å². The molecule has 28 heavy (non-hydrogen) atoms. The van der Waals surface area contributed by atoms with E-state index in [2.05, 4.69) is 34.4 Å². The summed E-state index contributed by atoms with van der Waals surface area (Å²) in [6.45, 7) is 7.71. The Balaban J connectivity index is 2.13. The van der Waals surface area contributed by atoms with Crippen molar-refractivity contribution in [3.05, 3.63) is 47.3 Å². The van der Waals surface area contributed by atoms with E-state index in [1.807, 2.05) is 30.0 Å². The Morgan fingerprint density at radius 2 is 2.00 bits per heavy atom. The molecule has 1 aliphatic rings. The Kier molecular flexibility index (Phi) is 5.63. The van der Waals surface area contributed by atoms with Gasteiger partial charge in [0.05, 0.1) is 6.04 Å². The number of anilines is 2. The summed E-state index contributed by atoms with van der Waals surface area (Å²) in [5.74, 6) is 0.482. The lowest BCUT2D eigenvalue weighted by Gasteiger charge is -2.45. The molecule has 0 fully saturated rings. The lowest BCUT2D eigenvalue weighted by Crippen LogP contribution is -2.49. The Hall–Kier alpha value is -2.96. The van der Waals surface area contributed by atoms with Gasteiger partial charge in [0.15, 0.2) is 0 Å². The average Bonchev–Trinajstić information content (AvgIpc) is 2.68. The van der Waals surface area contributed by atoms with Gasteiger partial charge < -0.3 is 15.5 Å². The number of hydrogen-bond donors (Lipinski definition) is 2. The fraction of sp³-hybridized carbons (Fsp3) is 0.429. The van der Waals surface area contributed by atoms with E-state index in [9.17, 15) is 9.59 Å². The van der Waals surface area contributed by atoms with E-state index in [0.29, 0.717) is 11.5 Å². The maximum absolute atomic E-state index is 12.5. The van der Waals surface area contributed by atoms with Crippen molar-refractivity contribution in [2.24, 2.45) is 5.92 Å². The number of aryl methyl sites for hydroxylation is 1. The van der Waals surface area contributed by atoms with Gasteiger partial charge in [-0.05, 0) is 43.2 Å². The molecule has 1 aromatic carbocycles. The third-order valence-electron chi connectivity index (χ3n) is 5.41. The van der Waals surface area contributed by atoms with Gasteiger partial charge >= 0.3 is 0 Å². The molecule has 0 radical (unpaired) electrons. The number of benzene rings is 1. The summed E-state index contributed by atoms with van der Waals surface area (Å²) in [6.07, 6.45) is 2.55.